The predicted octanol–water partition coefficient (Wildman–Crippen LogP) is 0.650. The summed E-state index contributed by atoms with van der Waals surface area (Å²) >= 11 is 0. The topological polar surface area (TPSA) is 54.1 Å². The number of hydrogen-bond donors (Lipinski definition) is 1. The highest BCUT2D eigenvalue weighted by Crippen LogP contribution is 2.33. The Morgan fingerprint density at radius 3 is 2.84 bits per heavy atom. The zero-order valence-corrected chi connectivity index (χ0v) is 12.0. The molecule has 0 bridgehead atoms. The van der Waals surface area contributed by atoms with Crippen LogP contribution in [0.1, 0.15) is 32.6 Å². The molecular formula is C14H26N4O. The lowest BCUT2D eigenvalue weighted by Gasteiger charge is -2.45. The molecule has 5 heteroatoms. The summed E-state index contributed by atoms with van der Waals surface area (Å²) in [4.78, 5) is 9.41. The van der Waals surface area contributed by atoms with Crippen LogP contribution < -0.4 is 5.73 Å². The van der Waals surface area contributed by atoms with Gasteiger partial charge in [0, 0.05) is 26.2 Å². The third kappa shape index (κ3) is 2.46. The molecule has 1 atom stereocenters. The number of nitrogens with zero attached hydrogens (tertiary/aromatic N) is 3. The van der Waals surface area contributed by atoms with E-state index >= 15 is 0 Å². The minimum absolute atomic E-state index is 0.182. The van der Waals surface area contributed by atoms with Gasteiger partial charge in [0.05, 0.1) is 18.2 Å². The van der Waals surface area contributed by atoms with Crippen molar-refractivity contribution in [2.75, 3.05) is 39.3 Å². The molecule has 5 nitrogen and oxygen atoms in total. The first kappa shape index (κ1) is 13.2. The Kier molecular flexibility index (Phi) is 3.67. The largest absolute Gasteiger partial charge is 0.376 e. The molecule has 0 saturated carbocycles. The Morgan fingerprint density at radius 1 is 1.42 bits per heavy atom. The molecule has 0 aromatic rings. The lowest BCUT2D eigenvalue weighted by molar-refractivity contribution is 0.0380. The molecule has 3 aliphatic heterocycles. The van der Waals surface area contributed by atoms with E-state index in [2.05, 4.69) is 21.7 Å². The van der Waals surface area contributed by atoms with Gasteiger partial charge >= 0.3 is 0 Å². The highest BCUT2D eigenvalue weighted by molar-refractivity contribution is 5.81. The monoisotopic (exact) mass is 266 g/mol. The number of ether oxygens (including phenoxy) is 1. The summed E-state index contributed by atoms with van der Waals surface area (Å²) in [5, 5.41) is 0. The van der Waals surface area contributed by atoms with Crippen LogP contribution in [-0.4, -0.2) is 66.7 Å². The second kappa shape index (κ2) is 5.29. The highest BCUT2D eigenvalue weighted by atomic mass is 16.5. The molecule has 2 fully saturated rings. The third-order valence-electron chi connectivity index (χ3n) is 5.03. The van der Waals surface area contributed by atoms with E-state index < -0.39 is 0 Å². The van der Waals surface area contributed by atoms with Gasteiger partial charge in [-0.25, -0.2) is 0 Å². The smallest absolute Gasteiger partial charge is 0.191 e. The van der Waals surface area contributed by atoms with Crippen molar-refractivity contribution >= 4 is 5.96 Å². The summed E-state index contributed by atoms with van der Waals surface area (Å²) in [7, 11) is 0. The van der Waals surface area contributed by atoms with Gasteiger partial charge in [-0.2, -0.15) is 0 Å². The van der Waals surface area contributed by atoms with Gasteiger partial charge in [-0.15, -0.1) is 0 Å². The van der Waals surface area contributed by atoms with E-state index in [1.165, 1.54) is 38.8 Å². The fourth-order valence-electron chi connectivity index (χ4n) is 3.63. The van der Waals surface area contributed by atoms with Crippen molar-refractivity contribution in [2.45, 2.75) is 44.2 Å². The first-order valence-electron chi connectivity index (χ1n) is 7.65. The van der Waals surface area contributed by atoms with Crippen LogP contribution in [0.3, 0.4) is 0 Å². The van der Waals surface area contributed by atoms with E-state index in [0.29, 0.717) is 6.10 Å². The van der Waals surface area contributed by atoms with Gasteiger partial charge in [0.25, 0.3) is 0 Å². The van der Waals surface area contributed by atoms with Crippen LogP contribution in [0.15, 0.2) is 4.99 Å². The highest BCUT2D eigenvalue weighted by Gasteiger charge is 2.45. The van der Waals surface area contributed by atoms with E-state index in [0.717, 1.165) is 32.2 Å². The maximum Gasteiger partial charge on any atom is 0.191 e. The Morgan fingerprint density at radius 2 is 2.21 bits per heavy atom. The molecule has 3 rings (SSSR count). The Hall–Kier alpha value is -0.810. The molecule has 108 valence electrons. The van der Waals surface area contributed by atoms with E-state index in [4.69, 9.17) is 10.5 Å². The Bertz CT molecular complexity index is 343. The van der Waals surface area contributed by atoms with Crippen molar-refractivity contribution in [3.63, 3.8) is 0 Å². The van der Waals surface area contributed by atoms with Gasteiger partial charge in [-0.3, -0.25) is 4.99 Å². The second-order valence-corrected chi connectivity index (χ2v) is 6.08. The quantitative estimate of drug-likeness (QED) is 0.815. The zero-order valence-electron chi connectivity index (χ0n) is 12.0. The maximum absolute atomic E-state index is 6.14. The van der Waals surface area contributed by atoms with E-state index in [1.807, 2.05) is 0 Å². The van der Waals surface area contributed by atoms with Crippen LogP contribution in [0, 0.1) is 0 Å². The SMILES string of the molecule is CCN1CCC2(CC1)CN=C(N)N2CC1CCCO1. The number of hydrogen-bond acceptors (Lipinski definition) is 5. The normalized spacial score (nSPS) is 31.1. The van der Waals surface area contributed by atoms with Crippen LogP contribution in [0.25, 0.3) is 0 Å². The summed E-state index contributed by atoms with van der Waals surface area (Å²) in [6.45, 7) is 8.44. The second-order valence-electron chi connectivity index (χ2n) is 6.08. The average molecular weight is 266 g/mol. The molecule has 2 saturated heterocycles. The van der Waals surface area contributed by atoms with Gasteiger partial charge < -0.3 is 20.3 Å². The minimum Gasteiger partial charge on any atom is -0.376 e. The Labute approximate surface area is 115 Å². The van der Waals surface area contributed by atoms with Crippen LogP contribution in [0.4, 0.5) is 0 Å². The molecule has 0 aromatic carbocycles. The van der Waals surface area contributed by atoms with Crippen molar-refractivity contribution in [1.29, 1.82) is 0 Å². The number of nitrogens with two attached hydrogens (primary N) is 1. The van der Waals surface area contributed by atoms with Crippen molar-refractivity contribution in [1.82, 2.24) is 9.80 Å². The summed E-state index contributed by atoms with van der Waals surface area (Å²) in [6.07, 6.45) is 5.07. The number of likely N-dealkylation sites (tertiary alicyclic amines) is 1. The molecule has 3 aliphatic rings. The zero-order chi connectivity index (χ0) is 13.3. The molecular weight excluding hydrogens is 240 g/mol. The van der Waals surface area contributed by atoms with E-state index in [9.17, 15) is 0 Å². The summed E-state index contributed by atoms with van der Waals surface area (Å²) in [5.41, 5.74) is 6.32. The molecule has 19 heavy (non-hydrogen) atoms. The lowest BCUT2D eigenvalue weighted by atomic mass is 9.86. The summed E-state index contributed by atoms with van der Waals surface area (Å²) in [5.74, 6) is 0.737. The van der Waals surface area contributed by atoms with Crippen LogP contribution >= 0.6 is 0 Å². The molecule has 3 heterocycles. The fourth-order valence-corrected chi connectivity index (χ4v) is 3.63. The van der Waals surface area contributed by atoms with Crippen LogP contribution in [-0.2, 0) is 4.74 Å². The molecule has 1 unspecified atom stereocenters. The van der Waals surface area contributed by atoms with Crippen molar-refractivity contribution in [3.05, 3.63) is 0 Å². The van der Waals surface area contributed by atoms with Crippen molar-refractivity contribution in [2.24, 2.45) is 10.7 Å². The summed E-state index contributed by atoms with van der Waals surface area (Å²) in [6, 6.07) is 0. The Balaban J connectivity index is 1.67. The molecule has 0 amide bonds. The summed E-state index contributed by atoms with van der Waals surface area (Å²) < 4.78 is 5.78. The first-order valence-corrected chi connectivity index (χ1v) is 7.65. The number of rotatable bonds is 3. The average Bonchev–Trinajstić information content (AvgIpc) is 3.04. The maximum atomic E-state index is 6.14. The first-order chi connectivity index (χ1) is 9.23. The van der Waals surface area contributed by atoms with Gasteiger partial charge in [0.15, 0.2) is 5.96 Å². The van der Waals surface area contributed by atoms with E-state index in [-0.39, 0.29) is 5.54 Å². The number of piperidine rings is 1. The fraction of sp³-hybridized carbons (Fsp3) is 0.929. The van der Waals surface area contributed by atoms with Gasteiger partial charge in [0.1, 0.15) is 0 Å². The molecule has 1 spiro atoms. The lowest BCUT2D eigenvalue weighted by Crippen LogP contribution is -2.58. The number of aliphatic imine (C=N–C) groups is 1. The van der Waals surface area contributed by atoms with Crippen molar-refractivity contribution in [3.8, 4) is 0 Å². The molecule has 0 aliphatic carbocycles. The van der Waals surface area contributed by atoms with Gasteiger partial charge in [-0.05, 0) is 32.2 Å². The molecule has 2 N–H and O–H groups in total. The third-order valence-corrected chi connectivity index (χ3v) is 5.03. The van der Waals surface area contributed by atoms with Gasteiger partial charge in [-0.1, -0.05) is 6.92 Å². The number of guanidine groups is 1. The molecule has 0 aromatic heterocycles. The minimum atomic E-state index is 0.182. The van der Waals surface area contributed by atoms with Crippen LogP contribution in [0.5, 0.6) is 0 Å². The standard InChI is InChI=1S/C14H26N4O/c1-2-17-7-5-14(6-8-17)11-16-13(15)18(14)10-12-4-3-9-19-12/h12H,2-11H2,1H3,(H2,15,16). The van der Waals surface area contributed by atoms with E-state index in [1.54, 1.807) is 0 Å². The van der Waals surface area contributed by atoms with Gasteiger partial charge in [0.2, 0.25) is 0 Å². The molecule has 0 radical (unpaired) electrons. The predicted molar refractivity (Wildman–Crippen MR) is 76.2 cm³/mol. The van der Waals surface area contributed by atoms with Crippen LogP contribution in [0.2, 0.25) is 0 Å². The van der Waals surface area contributed by atoms with Crippen molar-refractivity contribution < 1.29 is 4.74 Å².